The number of rotatable bonds is 43. The fourth-order valence-electron chi connectivity index (χ4n) is 8.05. The van der Waals surface area contributed by atoms with Crippen molar-refractivity contribution in [3.63, 3.8) is 0 Å². The number of carboxylic acid groups (broad SMARTS) is 5. The molecule has 0 radical (unpaired) electrons. The summed E-state index contributed by atoms with van der Waals surface area (Å²) in [7, 11) is 0. The Morgan fingerprint density at radius 1 is 0.430 bits per heavy atom. The number of aliphatic imine (C=N–C) groups is 1. The number of nitrogens with two attached hydrogens (primary N) is 4. The van der Waals surface area contributed by atoms with Crippen molar-refractivity contribution in [3.8, 4) is 0 Å². The maximum atomic E-state index is 14.1. The summed E-state index contributed by atoms with van der Waals surface area (Å²) in [5.74, 6) is -17.3. The number of aliphatic carboxylic acids is 5. The number of carbonyl (C=O) groups is 14. The number of guanidine groups is 1. The Hall–Kier alpha value is -9.01. The molecule has 480 valence electrons. The molecule has 0 aliphatic heterocycles. The lowest BCUT2D eigenvalue weighted by Crippen LogP contribution is -2.60. The number of unbranched alkanes of at least 4 members (excludes halogenated alkanes) is 1. The molecule has 33 nitrogen and oxygen atoms in total. The SMILES string of the molecule is CC(C)C[C@H](NC(=O)[C@H](CCC(=O)O)NC(=O)[C@H](CCC(=O)O)NC(=O)[C@H](CCC(=O)O)NC(=O)[C@H](CCCCN)NC(=O)[C@H](CCC(=O)O)NC(=O)[C@H](C)NC(=O)[C@H](C)NC(=O)[C@@H](N)Cc1ccccc1)C(=O)N[C@@H](CCCN=C(N)N)C(=O)O. The first kappa shape index (κ1) is 75.0. The number of nitrogens with zero attached hydrogens (tertiary/aromatic N) is 1. The van der Waals surface area contributed by atoms with Crippen molar-refractivity contribution in [3.05, 3.63) is 35.9 Å². The molecule has 9 amide bonds. The maximum Gasteiger partial charge on any atom is 0.326 e. The van der Waals surface area contributed by atoms with Gasteiger partial charge in [0.15, 0.2) is 5.96 Å². The number of carbonyl (C=O) groups excluding carboxylic acids is 9. The normalized spacial score (nSPS) is 14.4. The van der Waals surface area contributed by atoms with Crippen molar-refractivity contribution >= 4 is 89.0 Å². The van der Waals surface area contributed by atoms with Crippen LogP contribution in [0.1, 0.15) is 123 Å². The third-order valence-electron chi connectivity index (χ3n) is 12.7. The summed E-state index contributed by atoms with van der Waals surface area (Å²) in [4.78, 5) is 186. The van der Waals surface area contributed by atoms with Crippen molar-refractivity contribution < 1.29 is 92.7 Å². The van der Waals surface area contributed by atoms with Gasteiger partial charge in [0.05, 0.1) is 6.04 Å². The van der Waals surface area contributed by atoms with Gasteiger partial charge in [0, 0.05) is 32.2 Å². The molecule has 86 heavy (non-hydrogen) atoms. The predicted molar refractivity (Wildman–Crippen MR) is 304 cm³/mol. The number of nitrogens with one attached hydrogen (secondary N) is 9. The van der Waals surface area contributed by atoms with E-state index >= 15 is 0 Å². The summed E-state index contributed by atoms with van der Waals surface area (Å²) >= 11 is 0. The zero-order chi connectivity index (χ0) is 65.2. The summed E-state index contributed by atoms with van der Waals surface area (Å²) in [5.41, 5.74) is 23.1. The molecule has 0 aliphatic carbocycles. The van der Waals surface area contributed by atoms with Crippen LogP contribution < -0.4 is 70.8 Å². The van der Waals surface area contributed by atoms with Crippen LogP contribution in [0.3, 0.4) is 0 Å². The highest BCUT2D eigenvalue weighted by Gasteiger charge is 2.36. The molecule has 0 aromatic heterocycles. The zero-order valence-corrected chi connectivity index (χ0v) is 48.5. The van der Waals surface area contributed by atoms with E-state index in [2.05, 4.69) is 52.8 Å². The Labute approximate surface area is 495 Å². The average Bonchev–Trinajstić information content (AvgIpc) is 3.55. The lowest BCUT2D eigenvalue weighted by atomic mass is 10.0. The van der Waals surface area contributed by atoms with Crippen LogP contribution in [0.5, 0.6) is 0 Å². The fraction of sp³-hybridized carbons (Fsp3) is 0.604. The maximum absolute atomic E-state index is 14.1. The van der Waals surface area contributed by atoms with Crippen LogP contribution in [0.4, 0.5) is 0 Å². The second-order valence-electron chi connectivity index (χ2n) is 20.6. The average molecular weight is 1220 g/mol. The summed E-state index contributed by atoms with van der Waals surface area (Å²) in [6, 6.07) is -6.73. The van der Waals surface area contributed by atoms with Gasteiger partial charge in [0.2, 0.25) is 53.2 Å². The largest absolute Gasteiger partial charge is 0.481 e. The molecule has 0 heterocycles. The highest BCUT2D eigenvalue weighted by molar-refractivity contribution is 5.99. The van der Waals surface area contributed by atoms with Gasteiger partial charge in [-0.3, -0.25) is 67.3 Å². The highest BCUT2D eigenvalue weighted by atomic mass is 16.4. The van der Waals surface area contributed by atoms with E-state index in [1.807, 2.05) is 0 Å². The lowest BCUT2D eigenvalue weighted by molar-refractivity contribution is -0.143. The van der Waals surface area contributed by atoms with E-state index < -0.39 is 195 Å². The molecule has 1 rings (SSSR count). The number of hydrogen-bond donors (Lipinski definition) is 18. The van der Waals surface area contributed by atoms with Crippen LogP contribution in [0.2, 0.25) is 0 Å². The van der Waals surface area contributed by atoms with Crippen molar-refractivity contribution in [1.29, 1.82) is 0 Å². The minimum atomic E-state index is -1.91. The third-order valence-corrected chi connectivity index (χ3v) is 12.7. The van der Waals surface area contributed by atoms with E-state index in [-0.39, 0.29) is 69.9 Å². The molecule has 1 aromatic rings. The van der Waals surface area contributed by atoms with Gasteiger partial charge in [-0.25, -0.2) is 4.79 Å². The van der Waals surface area contributed by atoms with E-state index in [4.69, 9.17) is 22.9 Å². The monoisotopic (exact) mass is 1220 g/mol. The minimum Gasteiger partial charge on any atom is -0.481 e. The van der Waals surface area contributed by atoms with Crippen molar-refractivity contribution in [2.24, 2.45) is 33.8 Å². The topological polar surface area (TPSA) is 565 Å². The molecule has 33 heteroatoms. The molecule has 0 fully saturated rings. The van der Waals surface area contributed by atoms with Gasteiger partial charge >= 0.3 is 29.8 Å². The van der Waals surface area contributed by atoms with Gasteiger partial charge < -0.3 is 96.3 Å². The van der Waals surface area contributed by atoms with Crippen LogP contribution in [0, 0.1) is 5.92 Å². The lowest BCUT2D eigenvalue weighted by Gasteiger charge is -2.28. The second-order valence-corrected chi connectivity index (χ2v) is 20.6. The van der Waals surface area contributed by atoms with E-state index in [0.29, 0.717) is 0 Å². The molecule has 0 unspecified atom stereocenters. The standard InChI is InChI=1S/C53H84N14O19/c1-27(2)25-38(51(84)66-37(52(85)86)14-10-24-58-53(56)57)67-50(83)36(18-22-42(74)75)65-49(82)35(17-21-41(72)73)64-48(81)34(16-20-40(70)71)63-46(79)32(13-8-9-23-54)62-47(80)33(15-19-39(68)69)61-44(77)29(4)59-43(76)28(3)60-45(78)31(55)26-30-11-6-5-7-12-30/h5-7,11-12,27-29,31-38H,8-10,13-26,54-55H2,1-4H3,(H,59,76)(H,60,78)(H,61,77)(H,62,80)(H,63,79)(H,64,81)(H,65,82)(H,66,84)(H,67,83)(H,68,69)(H,70,71)(H,72,73)(H,74,75)(H,85,86)(H4,56,57,58)/t28-,29-,31-,32-,33-,34-,35-,36-,37-,38-/m0/s1. The van der Waals surface area contributed by atoms with E-state index in [1.165, 1.54) is 13.8 Å². The van der Waals surface area contributed by atoms with Gasteiger partial charge in [-0.15, -0.1) is 0 Å². The predicted octanol–water partition coefficient (Wildman–Crippen LogP) is -4.27. The fourth-order valence-corrected chi connectivity index (χ4v) is 8.05. The van der Waals surface area contributed by atoms with Gasteiger partial charge in [-0.05, 0) is 103 Å². The second kappa shape index (κ2) is 39.5. The molecule has 0 saturated heterocycles. The number of benzene rings is 1. The molecule has 0 spiro atoms. The van der Waals surface area contributed by atoms with Crippen LogP contribution in [-0.2, 0) is 73.5 Å². The summed E-state index contributed by atoms with van der Waals surface area (Å²) in [6.45, 7) is 5.99. The molecular weight excluding hydrogens is 1140 g/mol. The molecule has 0 saturated carbocycles. The Balaban J connectivity index is 3.49. The quantitative estimate of drug-likeness (QED) is 0.0167. The zero-order valence-electron chi connectivity index (χ0n) is 48.5. The van der Waals surface area contributed by atoms with Crippen molar-refractivity contribution in [2.75, 3.05) is 13.1 Å². The molecule has 0 aliphatic rings. The summed E-state index contributed by atoms with van der Waals surface area (Å²) in [6.07, 6.45) is -5.56. The third kappa shape index (κ3) is 31.0. The van der Waals surface area contributed by atoms with E-state index in [1.54, 1.807) is 44.2 Å². The molecular formula is C53H84N14O19. The smallest absolute Gasteiger partial charge is 0.326 e. The van der Waals surface area contributed by atoms with Crippen LogP contribution in [0.15, 0.2) is 35.3 Å². The Morgan fingerprint density at radius 2 is 0.767 bits per heavy atom. The molecule has 0 bridgehead atoms. The van der Waals surface area contributed by atoms with Crippen LogP contribution in [-0.4, -0.2) is 188 Å². The first-order valence-corrected chi connectivity index (χ1v) is 27.7. The number of amides is 9. The summed E-state index contributed by atoms with van der Waals surface area (Å²) in [5, 5.41) is 69.1. The first-order chi connectivity index (χ1) is 40.3. The van der Waals surface area contributed by atoms with Crippen LogP contribution in [0.25, 0.3) is 0 Å². The minimum absolute atomic E-state index is 0.0230. The van der Waals surface area contributed by atoms with E-state index in [9.17, 15) is 92.7 Å². The Bertz CT molecular complexity index is 2530. The Kier molecular flexibility index (Phi) is 34.5. The molecule has 22 N–H and O–H groups in total. The van der Waals surface area contributed by atoms with Crippen molar-refractivity contribution in [2.45, 2.75) is 184 Å². The molecule has 10 atom stereocenters. The highest BCUT2D eigenvalue weighted by Crippen LogP contribution is 2.12. The van der Waals surface area contributed by atoms with Gasteiger partial charge in [0.1, 0.15) is 54.4 Å². The number of carboxylic acids is 5. The molecule has 1 aromatic carbocycles. The van der Waals surface area contributed by atoms with Gasteiger partial charge in [-0.1, -0.05) is 44.2 Å². The van der Waals surface area contributed by atoms with Crippen molar-refractivity contribution in [1.82, 2.24) is 47.9 Å². The van der Waals surface area contributed by atoms with Crippen LogP contribution >= 0.6 is 0 Å². The first-order valence-electron chi connectivity index (χ1n) is 27.7. The Morgan fingerprint density at radius 3 is 1.14 bits per heavy atom. The van der Waals surface area contributed by atoms with Gasteiger partial charge in [-0.2, -0.15) is 0 Å². The van der Waals surface area contributed by atoms with E-state index in [0.717, 1.165) is 5.56 Å². The van der Waals surface area contributed by atoms with Gasteiger partial charge in [0.25, 0.3) is 0 Å². The summed E-state index contributed by atoms with van der Waals surface area (Å²) < 4.78 is 0. The number of hydrogen-bond acceptors (Lipinski definition) is 17.